The summed E-state index contributed by atoms with van der Waals surface area (Å²) in [5.41, 5.74) is -0.773. The zero-order valence-electron chi connectivity index (χ0n) is 18.6. The van der Waals surface area contributed by atoms with Crippen molar-refractivity contribution in [1.29, 1.82) is 0 Å². The average molecular weight is 485 g/mol. The molecule has 4 heterocycles. The molecule has 0 spiro atoms. The fourth-order valence-electron chi connectivity index (χ4n) is 4.34. The van der Waals surface area contributed by atoms with E-state index in [4.69, 9.17) is 9.47 Å². The predicted octanol–water partition coefficient (Wildman–Crippen LogP) is 1.27. The van der Waals surface area contributed by atoms with Crippen LogP contribution in [0.4, 0.5) is 4.79 Å². The standard InChI is InChI=1S/C23H24N4O6S/c1-23(15-4-5-16-17(13-15)33-11-10-32-16)21(30)27(22(31)24-23)14-19(28)25-6-8-26(9-7-25)20(29)18-3-2-12-34-18/h2-5,12-13H,6-11,14H2,1H3,(H,24,31)/t23-/m1/s1. The van der Waals surface area contributed by atoms with Crippen molar-refractivity contribution in [3.05, 3.63) is 46.2 Å². The van der Waals surface area contributed by atoms with Crippen LogP contribution in [0.5, 0.6) is 11.5 Å². The van der Waals surface area contributed by atoms with Gasteiger partial charge in [0.15, 0.2) is 11.5 Å². The number of rotatable bonds is 4. The van der Waals surface area contributed by atoms with Crippen LogP contribution in [0.15, 0.2) is 35.7 Å². The van der Waals surface area contributed by atoms with Crippen LogP contribution in [0.3, 0.4) is 0 Å². The smallest absolute Gasteiger partial charge is 0.325 e. The SMILES string of the molecule is C[C@]1(c2ccc3c(c2)OCCO3)NC(=O)N(CC(=O)N2CCN(C(=O)c3cccs3)CC2)C1=O. The molecule has 2 saturated heterocycles. The first-order chi connectivity index (χ1) is 16.4. The van der Waals surface area contributed by atoms with E-state index in [0.717, 1.165) is 4.90 Å². The highest BCUT2D eigenvalue weighted by Crippen LogP contribution is 2.36. The topological polar surface area (TPSA) is 108 Å². The van der Waals surface area contributed by atoms with Crippen LogP contribution in [0.2, 0.25) is 0 Å². The molecule has 11 heteroatoms. The summed E-state index contributed by atoms with van der Waals surface area (Å²) >= 11 is 1.38. The molecule has 2 fully saturated rings. The molecule has 2 aromatic rings. The summed E-state index contributed by atoms with van der Waals surface area (Å²) in [6.07, 6.45) is 0. The summed E-state index contributed by atoms with van der Waals surface area (Å²) in [5, 5.41) is 4.57. The zero-order valence-corrected chi connectivity index (χ0v) is 19.4. The number of hydrogen-bond donors (Lipinski definition) is 1. The number of carbonyl (C=O) groups excluding carboxylic acids is 4. The van der Waals surface area contributed by atoms with Gasteiger partial charge in [0.25, 0.3) is 11.8 Å². The monoisotopic (exact) mass is 484 g/mol. The van der Waals surface area contributed by atoms with Gasteiger partial charge in [0.1, 0.15) is 25.3 Å². The lowest BCUT2D eigenvalue weighted by atomic mass is 9.91. The molecule has 3 aliphatic heterocycles. The second-order valence-corrected chi connectivity index (χ2v) is 9.40. The van der Waals surface area contributed by atoms with Gasteiger partial charge in [0, 0.05) is 26.2 Å². The van der Waals surface area contributed by atoms with E-state index in [1.165, 1.54) is 11.3 Å². The molecule has 5 amide bonds. The van der Waals surface area contributed by atoms with Crippen molar-refractivity contribution >= 4 is 35.1 Å². The number of carbonyl (C=O) groups is 4. The molecular formula is C23H24N4O6S. The molecule has 10 nitrogen and oxygen atoms in total. The summed E-state index contributed by atoms with van der Waals surface area (Å²) in [6, 6.07) is 8.08. The first-order valence-electron chi connectivity index (χ1n) is 11.0. The van der Waals surface area contributed by atoms with Gasteiger partial charge in [-0.2, -0.15) is 0 Å². The second-order valence-electron chi connectivity index (χ2n) is 8.46. The maximum atomic E-state index is 13.2. The summed E-state index contributed by atoms with van der Waals surface area (Å²) in [6.45, 7) is 3.60. The molecule has 1 aromatic carbocycles. The fraction of sp³-hybridized carbons (Fsp3) is 0.391. The van der Waals surface area contributed by atoms with Gasteiger partial charge < -0.3 is 24.6 Å². The molecule has 0 saturated carbocycles. The molecule has 178 valence electrons. The second kappa shape index (κ2) is 8.64. The lowest BCUT2D eigenvalue weighted by molar-refractivity contribution is -0.139. The van der Waals surface area contributed by atoms with E-state index in [1.54, 1.807) is 41.0 Å². The van der Waals surface area contributed by atoms with Gasteiger partial charge in [-0.25, -0.2) is 4.79 Å². The van der Waals surface area contributed by atoms with Crippen molar-refractivity contribution in [2.24, 2.45) is 0 Å². The fourth-order valence-corrected chi connectivity index (χ4v) is 5.03. The molecule has 0 aliphatic carbocycles. The number of piperazine rings is 1. The first kappa shape index (κ1) is 22.2. The van der Waals surface area contributed by atoms with E-state index >= 15 is 0 Å². The van der Waals surface area contributed by atoms with Crippen molar-refractivity contribution in [1.82, 2.24) is 20.0 Å². The molecule has 3 aliphatic rings. The van der Waals surface area contributed by atoms with Gasteiger partial charge in [0.2, 0.25) is 5.91 Å². The van der Waals surface area contributed by atoms with Gasteiger partial charge in [-0.3, -0.25) is 19.3 Å². The summed E-state index contributed by atoms with van der Waals surface area (Å²) in [5.74, 6) is 0.203. The number of benzene rings is 1. The van der Waals surface area contributed by atoms with Crippen LogP contribution >= 0.6 is 11.3 Å². The molecular weight excluding hydrogens is 460 g/mol. The van der Waals surface area contributed by atoms with E-state index in [-0.39, 0.29) is 18.4 Å². The third-order valence-corrected chi connectivity index (χ3v) is 7.20. The molecule has 1 aromatic heterocycles. The third-order valence-electron chi connectivity index (χ3n) is 6.34. The van der Waals surface area contributed by atoms with E-state index in [2.05, 4.69) is 5.32 Å². The van der Waals surface area contributed by atoms with Gasteiger partial charge >= 0.3 is 6.03 Å². The normalized spacial score (nSPS) is 22.1. The van der Waals surface area contributed by atoms with Crippen LogP contribution in [0.25, 0.3) is 0 Å². The lowest BCUT2D eigenvalue weighted by Gasteiger charge is -2.35. The summed E-state index contributed by atoms with van der Waals surface area (Å²) in [4.78, 5) is 56.2. The maximum absolute atomic E-state index is 13.2. The largest absolute Gasteiger partial charge is 0.486 e. The number of fused-ring (bicyclic) bond motifs is 1. The van der Waals surface area contributed by atoms with Gasteiger partial charge in [-0.15, -0.1) is 11.3 Å². The number of hydrogen-bond acceptors (Lipinski definition) is 7. The van der Waals surface area contributed by atoms with Crippen molar-refractivity contribution in [3.63, 3.8) is 0 Å². The van der Waals surface area contributed by atoms with E-state index < -0.39 is 17.5 Å². The Labute approximate surface area is 200 Å². The number of nitrogens with zero attached hydrogens (tertiary/aromatic N) is 3. The Kier molecular flexibility index (Phi) is 5.64. The molecule has 0 unspecified atom stereocenters. The van der Waals surface area contributed by atoms with Crippen molar-refractivity contribution in [2.45, 2.75) is 12.5 Å². The average Bonchev–Trinajstić information content (AvgIpc) is 3.47. The number of ether oxygens (including phenoxy) is 2. The van der Waals surface area contributed by atoms with Crippen molar-refractivity contribution in [3.8, 4) is 11.5 Å². The maximum Gasteiger partial charge on any atom is 0.325 e. The Hall–Kier alpha value is -3.60. The Balaban J connectivity index is 1.23. The predicted molar refractivity (Wildman–Crippen MR) is 122 cm³/mol. The number of imide groups is 1. The number of urea groups is 1. The highest BCUT2D eigenvalue weighted by molar-refractivity contribution is 7.12. The minimum absolute atomic E-state index is 0.0496. The minimum atomic E-state index is -1.32. The molecule has 1 atom stereocenters. The van der Waals surface area contributed by atoms with Crippen LogP contribution in [0.1, 0.15) is 22.2 Å². The Morgan fingerprint density at radius 1 is 1.03 bits per heavy atom. The molecule has 0 bridgehead atoms. The minimum Gasteiger partial charge on any atom is -0.486 e. The highest BCUT2D eigenvalue weighted by Gasteiger charge is 2.50. The Morgan fingerprint density at radius 3 is 2.44 bits per heavy atom. The van der Waals surface area contributed by atoms with E-state index in [0.29, 0.717) is 61.3 Å². The van der Waals surface area contributed by atoms with Crippen LogP contribution in [0, 0.1) is 0 Å². The zero-order chi connectivity index (χ0) is 23.9. The van der Waals surface area contributed by atoms with Crippen LogP contribution in [-0.2, 0) is 15.1 Å². The van der Waals surface area contributed by atoms with E-state index in [9.17, 15) is 19.2 Å². The third kappa shape index (κ3) is 3.85. The molecule has 5 rings (SSSR count). The Bertz CT molecular complexity index is 1140. The molecule has 0 radical (unpaired) electrons. The van der Waals surface area contributed by atoms with Gasteiger partial charge in [0.05, 0.1) is 4.88 Å². The van der Waals surface area contributed by atoms with Gasteiger partial charge in [-0.1, -0.05) is 12.1 Å². The number of amides is 5. The van der Waals surface area contributed by atoms with Crippen molar-refractivity contribution < 1.29 is 28.7 Å². The number of nitrogens with one attached hydrogen (secondary N) is 1. The first-order valence-corrected chi connectivity index (χ1v) is 11.9. The van der Waals surface area contributed by atoms with Crippen LogP contribution < -0.4 is 14.8 Å². The summed E-state index contributed by atoms with van der Waals surface area (Å²) < 4.78 is 11.1. The quantitative estimate of drug-likeness (QED) is 0.655. The highest BCUT2D eigenvalue weighted by atomic mass is 32.1. The number of thiophene rings is 1. The molecule has 1 N–H and O–H groups in total. The Morgan fingerprint density at radius 2 is 1.74 bits per heavy atom. The van der Waals surface area contributed by atoms with Gasteiger partial charge in [-0.05, 0) is 36.1 Å². The van der Waals surface area contributed by atoms with Crippen molar-refractivity contribution in [2.75, 3.05) is 45.9 Å². The van der Waals surface area contributed by atoms with E-state index in [1.807, 2.05) is 11.4 Å². The lowest BCUT2D eigenvalue weighted by Crippen LogP contribution is -2.53. The molecule has 34 heavy (non-hydrogen) atoms. The summed E-state index contributed by atoms with van der Waals surface area (Å²) in [7, 11) is 0. The van der Waals surface area contributed by atoms with Crippen LogP contribution in [-0.4, -0.2) is 84.4 Å².